The largest absolute Gasteiger partial charge is 0.507 e. The number of aliphatic imine (C=N–C) groups is 1. The Kier molecular flexibility index (Phi) is 3.39. The molecule has 1 rings (SSSR count). The smallest absolute Gasteiger partial charge is 0.142 e. The van der Waals surface area contributed by atoms with Crippen LogP contribution in [-0.4, -0.2) is 10.8 Å². The van der Waals surface area contributed by atoms with Crippen molar-refractivity contribution in [1.82, 2.24) is 0 Å². The molecule has 0 saturated carbocycles. The second kappa shape index (κ2) is 4.55. The fraction of sp³-hybridized carbons (Fsp3) is 0.0833. The van der Waals surface area contributed by atoms with Crippen LogP contribution in [0.4, 0.5) is 4.39 Å². The summed E-state index contributed by atoms with van der Waals surface area (Å²) in [5.74, 6) is -0.726. The van der Waals surface area contributed by atoms with Crippen molar-refractivity contribution in [2.75, 3.05) is 0 Å². The van der Waals surface area contributed by atoms with Gasteiger partial charge in [-0.1, -0.05) is 25.3 Å². The summed E-state index contributed by atoms with van der Waals surface area (Å²) in [6, 6.07) is 6.37. The van der Waals surface area contributed by atoms with Crippen LogP contribution in [-0.2, 0) is 0 Å². The van der Waals surface area contributed by atoms with Crippen LogP contribution in [0, 0.1) is 0 Å². The van der Waals surface area contributed by atoms with Crippen LogP contribution in [0.3, 0.4) is 0 Å². The van der Waals surface area contributed by atoms with Gasteiger partial charge in [-0.05, 0) is 19.1 Å². The number of nitrogens with zero attached hydrogens (tertiary/aromatic N) is 1. The lowest BCUT2D eigenvalue weighted by Crippen LogP contribution is -2.01. The normalized spacial score (nSPS) is 11.2. The first-order valence-electron chi connectivity index (χ1n) is 4.39. The molecule has 78 valence electrons. The lowest BCUT2D eigenvalue weighted by atomic mass is 10.1. The van der Waals surface area contributed by atoms with E-state index >= 15 is 0 Å². The van der Waals surface area contributed by atoms with Crippen LogP contribution >= 0.6 is 0 Å². The van der Waals surface area contributed by atoms with E-state index in [1.54, 1.807) is 25.1 Å². The number of phenols is 1. The number of aromatic hydroxyl groups is 1. The van der Waals surface area contributed by atoms with E-state index in [4.69, 9.17) is 0 Å². The zero-order chi connectivity index (χ0) is 11.4. The van der Waals surface area contributed by atoms with Crippen molar-refractivity contribution in [3.05, 3.63) is 54.5 Å². The summed E-state index contributed by atoms with van der Waals surface area (Å²) in [4.78, 5) is 3.90. The van der Waals surface area contributed by atoms with Gasteiger partial charge in [0.1, 0.15) is 17.3 Å². The number of hydrogen-bond acceptors (Lipinski definition) is 2. The predicted molar refractivity (Wildman–Crippen MR) is 59.7 cm³/mol. The number of hydrogen-bond donors (Lipinski definition) is 1. The minimum Gasteiger partial charge on any atom is -0.507 e. The van der Waals surface area contributed by atoms with E-state index < -0.39 is 5.83 Å². The van der Waals surface area contributed by atoms with E-state index in [-0.39, 0.29) is 11.5 Å². The van der Waals surface area contributed by atoms with Gasteiger partial charge < -0.3 is 5.11 Å². The molecular weight excluding hydrogens is 193 g/mol. The van der Waals surface area contributed by atoms with Gasteiger partial charge in [-0.15, -0.1) is 0 Å². The van der Waals surface area contributed by atoms with Gasteiger partial charge in [0.15, 0.2) is 0 Å². The Morgan fingerprint density at radius 3 is 2.40 bits per heavy atom. The average Bonchev–Trinajstić information content (AvgIpc) is 2.15. The molecule has 2 nitrogen and oxygen atoms in total. The van der Waals surface area contributed by atoms with Gasteiger partial charge >= 0.3 is 0 Å². The van der Waals surface area contributed by atoms with Crippen molar-refractivity contribution < 1.29 is 9.50 Å². The molecule has 0 aliphatic rings. The fourth-order valence-corrected chi connectivity index (χ4v) is 1.13. The highest BCUT2D eigenvalue weighted by atomic mass is 19.1. The van der Waals surface area contributed by atoms with Gasteiger partial charge in [0.2, 0.25) is 0 Å². The van der Waals surface area contributed by atoms with Gasteiger partial charge in [0.05, 0.1) is 0 Å². The predicted octanol–water partition coefficient (Wildman–Crippen LogP) is 3.20. The van der Waals surface area contributed by atoms with Crippen molar-refractivity contribution in [3.63, 3.8) is 0 Å². The molecule has 1 N–H and O–H groups in total. The number of allylic oxidation sites excluding steroid dienone is 2. The number of para-hydroxylation sites is 1. The standard InChI is InChI=1S/C12H12FNO/c1-8(2)14-12(9(3)13)10-6-4-5-7-11(10)15/h4-7,15H,1,3H2,2H3. The minimum absolute atomic E-state index is 0.0144. The van der Waals surface area contributed by atoms with Crippen LogP contribution in [0.15, 0.2) is 53.9 Å². The summed E-state index contributed by atoms with van der Waals surface area (Å²) < 4.78 is 13.1. The molecule has 0 amide bonds. The molecule has 0 atom stereocenters. The summed E-state index contributed by atoms with van der Waals surface area (Å²) in [5.41, 5.74) is 0.778. The average molecular weight is 205 g/mol. The SMILES string of the molecule is C=C(C)N=C(C(=C)F)c1ccccc1O. The second-order valence-electron chi connectivity index (χ2n) is 3.12. The lowest BCUT2D eigenvalue weighted by Gasteiger charge is -2.05. The van der Waals surface area contributed by atoms with Crippen molar-refractivity contribution in [1.29, 1.82) is 0 Å². The molecule has 0 aliphatic heterocycles. The molecule has 0 radical (unpaired) electrons. The van der Waals surface area contributed by atoms with E-state index in [0.717, 1.165) is 0 Å². The molecule has 0 heterocycles. The first kappa shape index (κ1) is 11.2. The maximum atomic E-state index is 13.1. The highest BCUT2D eigenvalue weighted by Crippen LogP contribution is 2.21. The molecule has 0 aromatic heterocycles. The Labute approximate surface area is 88.1 Å². The minimum atomic E-state index is -0.695. The molecule has 1 aromatic rings. The highest BCUT2D eigenvalue weighted by molar-refractivity contribution is 6.12. The summed E-state index contributed by atoms with van der Waals surface area (Å²) in [7, 11) is 0. The van der Waals surface area contributed by atoms with Crippen molar-refractivity contribution >= 4 is 5.71 Å². The number of phenolic OH excluding ortho intramolecular Hbond substituents is 1. The second-order valence-corrected chi connectivity index (χ2v) is 3.12. The third-order valence-corrected chi connectivity index (χ3v) is 1.72. The molecule has 0 saturated heterocycles. The molecule has 0 bridgehead atoms. The van der Waals surface area contributed by atoms with E-state index in [9.17, 15) is 9.50 Å². The molecule has 1 aromatic carbocycles. The Hall–Kier alpha value is -1.90. The van der Waals surface area contributed by atoms with E-state index in [2.05, 4.69) is 18.2 Å². The number of benzene rings is 1. The number of halogens is 1. The topological polar surface area (TPSA) is 32.6 Å². The van der Waals surface area contributed by atoms with Crippen molar-refractivity contribution in [2.24, 2.45) is 4.99 Å². The van der Waals surface area contributed by atoms with Crippen LogP contribution in [0.2, 0.25) is 0 Å². The van der Waals surface area contributed by atoms with Gasteiger partial charge in [0, 0.05) is 11.3 Å². The van der Waals surface area contributed by atoms with Crippen LogP contribution < -0.4 is 0 Å². The fourth-order valence-electron chi connectivity index (χ4n) is 1.13. The highest BCUT2D eigenvalue weighted by Gasteiger charge is 2.11. The Morgan fingerprint density at radius 2 is 1.93 bits per heavy atom. The monoisotopic (exact) mass is 205 g/mol. The van der Waals surface area contributed by atoms with Crippen LogP contribution in [0.25, 0.3) is 0 Å². The Bertz CT molecular complexity index is 435. The van der Waals surface area contributed by atoms with Crippen molar-refractivity contribution in [2.45, 2.75) is 6.92 Å². The van der Waals surface area contributed by atoms with Crippen molar-refractivity contribution in [3.8, 4) is 5.75 Å². The Morgan fingerprint density at radius 1 is 1.33 bits per heavy atom. The number of rotatable bonds is 3. The zero-order valence-corrected chi connectivity index (χ0v) is 8.50. The molecule has 0 aliphatic carbocycles. The third-order valence-electron chi connectivity index (χ3n) is 1.72. The molecule has 0 unspecified atom stereocenters. The first-order chi connectivity index (χ1) is 7.02. The van der Waals surface area contributed by atoms with Crippen LogP contribution in [0.1, 0.15) is 12.5 Å². The Balaban J connectivity index is 3.29. The van der Waals surface area contributed by atoms with E-state index in [1.807, 2.05) is 0 Å². The zero-order valence-electron chi connectivity index (χ0n) is 8.50. The quantitative estimate of drug-likeness (QED) is 0.755. The third kappa shape index (κ3) is 2.77. The van der Waals surface area contributed by atoms with Gasteiger partial charge in [-0.3, -0.25) is 4.99 Å². The molecule has 15 heavy (non-hydrogen) atoms. The van der Waals surface area contributed by atoms with E-state index in [0.29, 0.717) is 11.3 Å². The van der Waals surface area contributed by atoms with E-state index in [1.165, 1.54) is 6.07 Å². The molecule has 3 heteroatoms. The lowest BCUT2D eigenvalue weighted by molar-refractivity contribution is 0.474. The summed E-state index contributed by atoms with van der Waals surface area (Å²) in [6.45, 7) is 8.37. The molecule has 0 fully saturated rings. The maximum absolute atomic E-state index is 13.1. The maximum Gasteiger partial charge on any atom is 0.142 e. The van der Waals surface area contributed by atoms with Crippen LogP contribution in [0.5, 0.6) is 5.75 Å². The summed E-state index contributed by atoms with van der Waals surface area (Å²) in [6.07, 6.45) is 0. The van der Waals surface area contributed by atoms with Gasteiger partial charge in [-0.25, -0.2) is 4.39 Å². The van der Waals surface area contributed by atoms with Gasteiger partial charge in [-0.2, -0.15) is 0 Å². The summed E-state index contributed by atoms with van der Waals surface area (Å²) in [5, 5.41) is 9.52. The first-order valence-corrected chi connectivity index (χ1v) is 4.39. The summed E-state index contributed by atoms with van der Waals surface area (Å²) >= 11 is 0. The molecule has 0 spiro atoms. The van der Waals surface area contributed by atoms with Gasteiger partial charge in [0.25, 0.3) is 0 Å². The molecular formula is C12H12FNO.